The summed E-state index contributed by atoms with van der Waals surface area (Å²) < 4.78 is 2.42. The van der Waals surface area contributed by atoms with Gasteiger partial charge in [0.25, 0.3) is 5.56 Å². The van der Waals surface area contributed by atoms with Gasteiger partial charge in [0.1, 0.15) is 0 Å². The first kappa shape index (κ1) is 18.6. The number of carbonyl (C=O) groups is 1. The Balaban J connectivity index is 2.28. The van der Waals surface area contributed by atoms with E-state index < -0.39 is 0 Å². The maximum Gasteiger partial charge on any atom is 0.261 e. The van der Waals surface area contributed by atoms with Gasteiger partial charge in [-0.3, -0.25) is 9.59 Å². The van der Waals surface area contributed by atoms with Crippen LogP contribution in [-0.4, -0.2) is 22.1 Å². The van der Waals surface area contributed by atoms with Crippen LogP contribution in [0.3, 0.4) is 0 Å². The van der Waals surface area contributed by atoms with Crippen molar-refractivity contribution in [2.24, 2.45) is 7.05 Å². The molecule has 1 aromatic heterocycles. The molecule has 0 saturated heterocycles. The van der Waals surface area contributed by atoms with Crippen LogP contribution in [0, 0.1) is 6.92 Å². The normalized spacial score (nSPS) is 10.8. The Bertz CT molecular complexity index is 796. The van der Waals surface area contributed by atoms with E-state index in [9.17, 15) is 9.59 Å². The Morgan fingerprint density at radius 1 is 1.29 bits per heavy atom. The molecule has 1 heterocycles. The van der Waals surface area contributed by atoms with Gasteiger partial charge in [0.15, 0.2) is 5.78 Å². The number of aliphatic hydroxyl groups excluding tert-OH is 1. The van der Waals surface area contributed by atoms with Gasteiger partial charge in [0.2, 0.25) is 0 Å². The monoisotopic (exact) mass is 391 g/mol. The highest BCUT2D eigenvalue weighted by Crippen LogP contribution is 2.20. The van der Waals surface area contributed by atoms with Crippen LogP contribution in [0.15, 0.2) is 39.7 Å². The zero-order valence-electron chi connectivity index (χ0n) is 14.0. The number of aromatic nitrogens is 1. The number of Topliss-reactive ketones (excluding diaryl/α,β-unsaturated/α-hetero) is 1. The number of halogens is 1. The number of pyridine rings is 1. The van der Waals surface area contributed by atoms with Crippen molar-refractivity contribution in [2.75, 3.05) is 6.61 Å². The molecule has 0 aliphatic rings. The summed E-state index contributed by atoms with van der Waals surface area (Å²) in [5.74, 6) is -0.166. The van der Waals surface area contributed by atoms with Crippen molar-refractivity contribution in [3.8, 4) is 0 Å². The molecule has 0 aliphatic carbocycles. The fraction of sp³-hybridized carbons (Fsp3) is 0.368. The van der Waals surface area contributed by atoms with E-state index in [1.54, 1.807) is 19.3 Å². The summed E-state index contributed by atoms with van der Waals surface area (Å²) in [5, 5.41) is 8.89. The SMILES string of the molecule is Cc1c(Br)cccc1CC(=O)c1cc(CCCCO)cn(C)c1=O. The maximum atomic E-state index is 12.7. The van der Waals surface area contributed by atoms with Gasteiger partial charge in [-0.2, -0.15) is 0 Å². The van der Waals surface area contributed by atoms with E-state index in [0.717, 1.165) is 34.0 Å². The molecule has 1 aromatic carbocycles. The molecule has 0 spiro atoms. The molecule has 2 aromatic rings. The molecule has 5 heteroatoms. The number of hydrogen-bond acceptors (Lipinski definition) is 3. The number of aliphatic hydroxyl groups is 1. The zero-order valence-corrected chi connectivity index (χ0v) is 15.6. The summed E-state index contributed by atoms with van der Waals surface area (Å²) in [5.41, 5.74) is 2.85. The Morgan fingerprint density at radius 2 is 2.04 bits per heavy atom. The highest BCUT2D eigenvalue weighted by atomic mass is 79.9. The summed E-state index contributed by atoms with van der Waals surface area (Å²) in [7, 11) is 1.67. The van der Waals surface area contributed by atoms with Gasteiger partial charge in [0, 0.05) is 30.7 Å². The molecule has 0 saturated carbocycles. The fourth-order valence-electron chi connectivity index (χ4n) is 2.67. The van der Waals surface area contributed by atoms with Gasteiger partial charge in [-0.1, -0.05) is 28.1 Å². The number of hydrogen-bond donors (Lipinski definition) is 1. The molecule has 0 amide bonds. The molecule has 0 atom stereocenters. The van der Waals surface area contributed by atoms with E-state index in [-0.39, 0.29) is 29.9 Å². The predicted molar refractivity (Wildman–Crippen MR) is 98.6 cm³/mol. The van der Waals surface area contributed by atoms with Crippen molar-refractivity contribution in [1.82, 2.24) is 4.57 Å². The van der Waals surface area contributed by atoms with Crippen LogP contribution >= 0.6 is 15.9 Å². The van der Waals surface area contributed by atoms with E-state index in [1.165, 1.54) is 4.57 Å². The lowest BCUT2D eigenvalue weighted by atomic mass is 9.98. The second-order valence-corrected chi connectivity index (χ2v) is 6.84. The van der Waals surface area contributed by atoms with Gasteiger partial charge in [-0.15, -0.1) is 0 Å². The predicted octanol–water partition coefficient (Wildman–Crippen LogP) is 3.20. The first-order valence-corrected chi connectivity index (χ1v) is 8.81. The Labute approximate surface area is 150 Å². The average molecular weight is 392 g/mol. The van der Waals surface area contributed by atoms with Crippen molar-refractivity contribution < 1.29 is 9.90 Å². The zero-order chi connectivity index (χ0) is 17.7. The number of carbonyl (C=O) groups excluding carboxylic acids is 1. The fourth-order valence-corrected chi connectivity index (χ4v) is 3.08. The standard InChI is InChI=1S/C19H22BrNO3/c1-13-15(7-5-8-17(13)20)11-18(23)16-10-14(6-3-4-9-22)12-21(2)19(16)24/h5,7-8,10,12,22H,3-4,6,9,11H2,1-2H3. The van der Waals surface area contributed by atoms with Gasteiger partial charge >= 0.3 is 0 Å². The number of benzene rings is 1. The smallest absolute Gasteiger partial charge is 0.261 e. The molecule has 1 N–H and O–H groups in total. The topological polar surface area (TPSA) is 59.3 Å². The van der Waals surface area contributed by atoms with Crippen LogP contribution in [0.1, 0.15) is 39.9 Å². The maximum absolute atomic E-state index is 12.7. The first-order chi connectivity index (χ1) is 11.4. The Kier molecular flexibility index (Phi) is 6.52. The van der Waals surface area contributed by atoms with Gasteiger partial charge in [-0.25, -0.2) is 0 Å². The van der Waals surface area contributed by atoms with Crippen molar-refractivity contribution >= 4 is 21.7 Å². The van der Waals surface area contributed by atoms with Crippen molar-refractivity contribution in [2.45, 2.75) is 32.6 Å². The number of rotatable bonds is 7. The van der Waals surface area contributed by atoms with Crippen LogP contribution in [0.4, 0.5) is 0 Å². The molecule has 0 aliphatic heterocycles. The minimum absolute atomic E-state index is 0.152. The number of unbranched alkanes of at least 4 members (excludes halogenated alkanes) is 1. The molecular weight excluding hydrogens is 370 g/mol. The highest BCUT2D eigenvalue weighted by Gasteiger charge is 2.15. The molecule has 128 valence electrons. The third kappa shape index (κ3) is 4.42. The van der Waals surface area contributed by atoms with Crippen molar-refractivity contribution in [3.63, 3.8) is 0 Å². The quantitative estimate of drug-likeness (QED) is 0.582. The van der Waals surface area contributed by atoms with E-state index in [0.29, 0.717) is 6.42 Å². The summed E-state index contributed by atoms with van der Waals surface area (Å²) in [6, 6.07) is 7.44. The third-order valence-electron chi connectivity index (χ3n) is 4.14. The third-order valence-corrected chi connectivity index (χ3v) is 5.00. The second kappa shape index (κ2) is 8.40. The minimum Gasteiger partial charge on any atom is -0.396 e. The molecule has 2 rings (SSSR count). The molecule has 0 unspecified atom stereocenters. The second-order valence-electron chi connectivity index (χ2n) is 5.98. The van der Waals surface area contributed by atoms with Gasteiger partial charge in [-0.05, 0) is 55.0 Å². The van der Waals surface area contributed by atoms with Crippen molar-refractivity contribution in [1.29, 1.82) is 0 Å². The van der Waals surface area contributed by atoms with Crippen LogP contribution in [0.2, 0.25) is 0 Å². The van der Waals surface area contributed by atoms with Crippen LogP contribution in [0.25, 0.3) is 0 Å². The Hall–Kier alpha value is -1.72. The summed E-state index contributed by atoms with van der Waals surface area (Å²) in [6.07, 6.45) is 4.25. The number of aryl methyl sites for hydroxylation is 2. The lowest BCUT2D eigenvalue weighted by Crippen LogP contribution is -2.25. The first-order valence-electron chi connectivity index (χ1n) is 8.01. The van der Waals surface area contributed by atoms with Crippen molar-refractivity contribution in [3.05, 3.63) is 67.5 Å². The largest absolute Gasteiger partial charge is 0.396 e. The molecule has 0 radical (unpaired) electrons. The molecule has 4 nitrogen and oxygen atoms in total. The van der Waals surface area contributed by atoms with Crippen LogP contribution in [0.5, 0.6) is 0 Å². The average Bonchev–Trinajstić information content (AvgIpc) is 2.55. The Morgan fingerprint density at radius 3 is 2.75 bits per heavy atom. The summed E-state index contributed by atoms with van der Waals surface area (Å²) in [6.45, 7) is 2.11. The van der Waals surface area contributed by atoms with Crippen LogP contribution in [-0.2, 0) is 19.9 Å². The summed E-state index contributed by atoms with van der Waals surface area (Å²) >= 11 is 3.47. The highest BCUT2D eigenvalue weighted by molar-refractivity contribution is 9.10. The van der Waals surface area contributed by atoms with E-state index in [4.69, 9.17) is 5.11 Å². The molecule has 0 bridgehead atoms. The summed E-state index contributed by atoms with van der Waals surface area (Å²) in [4.78, 5) is 25.0. The number of ketones is 1. The van der Waals surface area contributed by atoms with Gasteiger partial charge < -0.3 is 9.67 Å². The lowest BCUT2D eigenvalue weighted by molar-refractivity contribution is 0.0990. The van der Waals surface area contributed by atoms with Gasteiger partial charge in [0.05, 0.1) is 5.56 Å². The minimum atomic E-state index is -0.265. The molecular formula is C19H22BrNO3. The van der Waals surface area contributed by atoms with E-state index in [2.05, 4.69) is 15.9 Å². The molecule has 24 heavy (non-hydrogen) atoms. The lowest BCUT2D eigenvalue weighted by Gasteiger charge is -2.10. The molecule has 0 fully saturated rings. The number of nitrogens with zero attached hydrogens (tertiary/aromatic N) is 1. The van der Waals surface area contributed by atoms with Crippen LogP contribution < -0.4 is 5.56 Å². The van der Waals surface area contributed by atoms with E-state index in [1.807, 2.05) is 25.1 Å². The van der Waals surface area contributed by atoms with E-state index >= 15 is 0 Å².